The van der Waals surface area contributed by atoms with Crippen molar-refractivity contribution in [3.05, 3.63) is 59.7 Å². The summed E-state index contributed by atoms with van der Waals surface area (Å²) in [5.41, 5.74) is -0.754. The molecule has 0 fully saturated rings. The van der Waals surface area contributed by atoms with Crippen LogP contribution in [0.2, 0.25) is 0 Å². The molecule has 0 saturated carbocycles. The summed E-state index contributed by atoms with van der Waals surface area (Å²) in [7, 11) is 0. The molecule has 1 aromatic heterocycles. The van der Waals surface area contributed by atoms with Crippen molar-refractivity contribution in [3.63, 3.8) is 0 Å². The Labute approximate surface area is 166 Å². The highest BCUT2D eigenvalue weighted by Gasteiger charge is 2.30. The number of anilines is 1. The van der Waals surface area contributed by atoms with Gasteiger partial charge in [0, 0.05) is 18.2 Å². The zero-order valence-electron chi connectivity index (χ0n) is 14.8. The molecule has 0 bridgehead atoms. The van der Waals surface area contributed by atoms with E-state index in [-0.39, 0.29) is 17.5 Å². The highest BCUT2D eigenvalue weighted by molar-refractivity contribution is 8.00. The molecule has 0 aliphatic rings. The number of carbonyl (C=O) groups is 1. The molecule has 152 valence electrons. The molecule has 2 aromatic carbocycles. The van der Waals surface area contributed by atoms with Gasteiger partial charge in [-0.1, -0.05) is 25.1 Å². The number of halogens is 4. The number of hydrogen-bond acceptors (Lipinski definition) is 5. The van der Waals surface area contributed by atoms with Gasteiger partial charge in [0.05, 0.1) is 10.5 Å². The average molecular weight is 427 g/mol. The first-order chi connectivity index (χ1) is 13.8. The van der Waals surface area contributed by atoms with Gasteiger partial charge in [-0.25, -0.2) is 17.6 Å². The molecule has 3 aromatic rings. The molecule has 11 heteroatoms. The van der Waals surface area contributed by atoms with Crippen LogP contribution in [-0.4, -0.2) is 16.4 Å². The first kappa shape index (κ1) is 20.6. The molecule has 6 nitrogen and oxygen atoms in total. The van der Waals surface area contributed by atoms with Gasteiger partial charge >= 0.3 is 0 Å². The maximum absolute atomic E-state index is 13.8. The van der Waals surface area contributed by atoms with E-state index in [0.717, 1.165) is 11.8 Å². The number of nitrogens with one attached hydrogen (secondary N) is 1. The molecule has 1 heterocycles. The minimum atomic E-state index is -1.73. The Kier molecular flexibility index (Phi) is 6.06. The number of benzene rings is 2. The normalized spacial score (nSPS) is 12.0. The van der Waals surface area contributed by atoms with Gasteiger partial charge in [0.2, 0.25) is 11.6 Å². The molecular weight excluding hydrogens is 414 g/mol. The third-order valence-corrected chi connectivity index (χ3v) is 5.25. The van der Waals surface area contributed by atoms with E-state index in [0.29, 0.717) is 5.69 Å². The average Bonchev–Trinajstić information content (AvgIpc) is 3.08. The van der Waals surface area contributed by atoms with Crippen molar-refractivity contribution in [1.29, 1.82) is 0 Å². The number of para-hydroxylation sites is 1. The fourth-order valence-corrected chi connectivity index (χ4v) is 3.39. The minimum Gasteiger partial charge on any atom is -0.538 e. The van der Waals surface area contributed by atoms with Crippen LogP contribution in [0.5, 0.6) is 5.95 Å². The lowest BCUT2D eigenvalue weighted by molar-refractivity contribution is -0.705. The Bertz CT molecular complexity index is 1020. The number of aromatic nitrogens is 2. The summed E-state index contributed by atoms with van der Waals surface area (Å²) in [6.07, 6.45) is 0.122. The number of nitrogens with zero attached hydrogens (tertiary/aromatic N) is 2. The van der Waals surface area contributed by atoms with E-state index in [1.807, 2.05) is 5.32 Å². The molecule has 1 amide bonds. The lowest BCUT2D eigenvalue weighted by atomic mass is 10.2. The van der Waals surface area contributed by atoms with Gasteiger partial charge in [-0.3, -0.25) is 4.79 Å². The molecule has 0 aliphatic heterocycles. The highest BCUT2D eigenvalue weighted by atomic mass is 32.2. The predicted molar refractivity (Wildman–Crippen MR) is 92.3 cm³/mol. The van der Waals surface area contributed by atoms with Crippen molar-refractivity contribution in [3.8, 4) is 11.6 Å². The molecule has 3 rings (SSSR count). The molecule has 1 N–H and O–H groups in total. The number of amides is 1. The maximum Gasteiger partial charge on any atom is 0.298 e. The zero-order chi connectivity index (χ0) is 21.1. The van der Waals surface area contributed by atoms with Crippen molar-refractivity contribution in [2.75, 3.05) is 5.32 Å². The summed E-state index contributed by atoms with van der Waals surface area (Å²) >= 11 is 0.741. The summed E-state index contributed by atoms with van der Waals surface area (Å²) in [6.45, 7) is 1.58. The van der Waals surface area contributed by atoms with Gasteiger partial charge in [0.1, 0.15) is 5.69 Å². The van der Waals surface area contributed by atoms with E-state index in [2.05, 4.69) is 9.79 Å². The monoisotopic (exact) mass is 427 g/mol. The number of rotatable bonds is 6. The van der Waals surface area contributed by atoms with Gasteiger partial charge in [-0.15, -0.1) is 0 Å². The fourth-order valence-electron chi connectivity index (χ4n) is 2.42. The molecule has 0 radical (unpaired) electrons. The predicted octanol–water partition coefficient (Wildman–Crippen LogP) is 3.09. The third kappa shape index (κ3) is 4.19. The second-order valence-corrected chi connectivity index (χ2v) is 6.95. The summed E-state index contributed by atoms with van der Waals surface area (Å²) in [5.74, 6) is -8.54. The lowest BCUT2D eigenvalue weighted by Gasteiger charge is -2.14. The number of carbonyl (C=O) groups excluding carboxylic acids is 1. The Morgan fingerprint density at radius 3 is 2.41 bits per heavy atom. The molecule has 1 unspecified atom stereocenters. The Hall–Kier alpha value is -3.08. The lowest BCUT2D eigenvalue weighted by Crippen LogP contribution is -2.36. The highest BCUT2D eigenvalue weighted by Crippen LogP contribution is 2.31. The molecular formula is C18H13F4N3O3S. The first-order valence-electron chi connectivity index (χ1n) is 8.28. The Balaban J connectivity index is 1.87. The molecule has 0 aliphatic carbocycles. The SMILES string of the molecule is CCC(Sc1c([O-])on[n+]1-c1ccccc1)C(=O)Nc1c(F)c(F)cc(F)c1F. The first-order valence-corrected chi connectivity index (χ1v) is 9.16. The van der Waals surface area contributed by atoms with Crippen LogP contribution in [0.25, 0.3) is 5.69 Å². The summed E-state index contributed by atoms with van der Waals surface area (Å²) in [6, 6.07) is 8.48. The van der Waals surface area contributed by atoms with Crippen molar-refractivity contribution >= 4 is 23.4 Å². The van der Waals surface area contributed by atoms with E-state index < -0.39 is 46.1 Å². The van der Waals surface area contributed by atoms with Crippen LogP contribution in [0, 0.1) is 23.3 Å². The van der Waals surface area contributed by atoms with E-state index in [4.69, 9.17) is 0 Å². The standard InChI is InChI=1S/C18H13F4N3O3S/c1-2-12(16(26)23-15-13(21)10(19)8-11(20)14(15)22)29-17-18(27)28-24-25(17)9-6-4-3-5-7-9/h3-8,12H,2H2,1H3,(H-,23,24,26,27). The topological polar surface area (TPSA) is 82.1 Å². The van der Waals surface area contributed by atoms with E-state index in [1.165, 1.54) is 4.68 Å². The van der Waals surface area contributed by atoms with E-state index in [1.54, 1.807) is 37.3 Å². The third-order valence-electron chi connectivity index (χ3n) is 3.85. The quantitative estimate of drug-likeness (QED) is 0.283. The van der Waals surface area contributed by atoms with E-state index >= 15 is 0 Å². The van der Waals surface area contributed by atoms with E-state index in [9.17, 15) is 27.5 Å². The van der Waals surface area contributed by atoms with Gasteiger partial charge in [0.15, 0.2) is 29.2 Å². The van der Waals surface area contributed by atoms with Crippen LogP contribution in [0.3, 0.4) is 0 Å². The van der Waals surface area contributed by atoms with Crippen LogP contribution < -0.4 is 15.1 Å². The van der Waals surface area contributed by atoms with Crippen molar-refractivity contribution in [2.24, 2.45) is 0 Å². The Morgan fingerprint density at radius 2 is 1.83 bits per heavy atom. The van der Waals surface area contributed by atoms with Crippen molar-refractivity contribution in [2.45, 2.75) is 23.6 Å². The van der Waals surface area contributed by atoms with Gasteiger partial charge in [-0.05, 0) is 22.9 Å². The molecule has 0 saturated heterocycles. The van der Waals surface area contributed by atoms with Crippen LogP contribution in [0.4, 0.5) is 23.2 Å². The molecule has 0 spiro atoms. The van der Waals surface area contributed by atoms with Crippen molar-refractivity contribution in [1.82, 2.24) is 5.27 Å². The fraction of sp³-hybridized carbons (Fsp3) is 0.167. The smallest absolute Gasteiger partial charge is 0.298 e. The van der Waals surface area contributed by atoms with Crippen LogP contribution in [0.1, 0.15) is 13.3 Å². The van der Waals surface area contributed by atoms with Crippen LogP contribution in [-0.2, 0) is 4.79 Å². The second kappa shape index (κ2) is 8.52. The second-order valence-electron chi connectivity index (χ2n) is 5.76. The largest absolute Gasteiger partial charge is 0.538 e. The maximum atomic E-state index is 13.8. The van der Waals surface area contributed by atoms with Crippen molar-refractivity contribution < 1.29 is 36.7 Å². The number of thioether (sulfide) groups is 1. The van der Waals surface area contributed by atoms with Gasteiger partial charge in [0.25, 0.3) is 5.03 Å². The Morgan fingerprint density at radius 1 is 1.21 bits per heavy atom. The molecule has 1 atom stereocenters. The summed E-state index contributed by atoms with van der Waals surface area (Å²) in [5, 5.41) is 16.4. The zero-order valence-corrected chi connectivity index (χ0v) is 15.6. The summed E-state index contributed by atoms with van der Waals surface area (Å²) < 4.78 is 60.1. The molecule has 29 heavy (non-hydrogen) atoms. The number of hydrogen-bond donors (Lipinski definition) is 1. The van der Waals surface area contributed by atoms with Gasteiger partial charge in [-0.2, -0.15) is 0 Å². The minimum absolute atomic E-state index is 0.0377. The van der Waals surface area contributed by atoms with Crippen LogP contribution >= 0.6 is 11.8 Å². The van der Waals surface area contributed by atoms with Crippen LogP contribution in [0.15, 0.2) is 45.9 Å². The summed E-state index contributed by atoms with van der Waals surface area (Å²) in [4.78, 5) is 12.5. The van der Waals surface area contributed by atoms with Gasteiger partial charge < -0.3 is 14.9 Å².